The smallest absolute Gasteiger partial charge is 0.00553 e. The molecular weight excluding hydrogens is 118 g/mol. The van der Waals surface area contributed by atoms with Crippen LogP contribution in [-0.4, -0.2) is 25.1 Å². The largest absolute Gasteiger partial charge is 0.665 e. The lowest BCUT2D eigenvalue weighted by Crippen LogP contribution is -2.01. The van der Waals surface area contributed by atoms with Crippen LogP contribution < -0.4 is 0 Å². The van der Waals surface area contributed by atoms with Crippen LogP contribution in [0.4, 0.5) is 0 Å². The zero-order valence-corrected chi connectivity index (χ0v) is 6.08. The fourth-order valence-electron chi connectivity index (χ4n) is 0.986. The molecule has 1 nitrogen and oxygen atoms in total. The van der Waals surface area contributed by atoms with Gasteiger partial charge in [-0.15, -0.1) is 6.54 Å². The van der Waals surface area contributed by atoms with Crippen LogP contribution in [-0.2, 0) is 0 Å². The lowest BCUT2D eigenvalue weighted by atomic mass is 10.1. The Balaban J connectivity index is 2.06. The van der Waals surface area contributed by atoms with Crippen molar-refractivity contribution in [3.63, 3.8) is 0 Å². The van der Waals surface area contributed by atoms with Gasteiger partial charge in [-0.25, -0.2) is 0 Å². The summed E-state index contributed by atoms with van der Waals surface area (Å²) < 4.78 is 0. The van der Waals surface area contributed by atoms with Gasteiger partial charge in [0.2, 0.25) is 0 Å². The highest BCUT2D eigenvalue weighted by Gasteiger charge is 2.09. The maximum Gasteiger partial charge on any atom is -0.00553 e. The summed E-state index contributed by atoms with van der Waals surface area (Å²) in [6.45, 7) is 1.09. The summed E-state index contributed by atoms with van der Waals surface area (Å²) in [4.78, 5) is 0. The molecule has 1 fully saturated rings. The third-order valence-corrected chi connectivity index (χ3v) is 2.70. The van der Waals surface area contributed by atoms with Crippen molar-refractivity contribution in [3.8, 4) is 0 Å². The summed E-state index contributed by atoms with van der Waals surface area (Å²) >= 11 is 2.06. The average Bonchev–Trinajstić information content (AvgIpc) is 2.19. The highest BCUT2D eigenvalue weighted by atomic mass is 32.2. The molecule has 0 aliphatic carbocycles. The molecule has 0 bridgehead atoms. The zero-order chi connectivity index (χ0) is 5.82. The predicted octanol–water partition coefficient (Wildman–Crippen LogP) is 1.74. The third-order valence-electron chi connectivity index (χ3n) is 1.46. The topological polar surface area (TPSA) is 14.1 Å². The van der Waals surface area contributed by atoms with Gasteiger partial charge in [0, 0.05) is 0 Å². The van der Waals surface area contributed by atoms with Gasteiger partial charge in [-0.3, -0.25) is 0 Å². The maximum atomic E-state index is 4.10. The molecule has 0 radical (unpaired) electrons. The number of thioether (sulfide) groups is 1. The minimum absolute atomic E-state index is 0.907. The number of hydrogen-bond acceptors (Lipinski definition) is 1. The average molecular weight is 130 g/mol. The Kier molecular flexibility index (Phi) is 2.70. The molecule has 0 aromatic carbocycles. The van der Waals surface area contributed by atoms with Gasteiger partial charge in [0.05, 0.1) is 0 Å². The molecule has 0 aromatic heterocycles. The van der Waals surface area contributed by atoms with Crippen molar-refractivity contribution in [1.82, 2.24) is 0 Å². The maximum absolute atomic E-state index is 4.10. The van der Waals surface area contributed by atoms with Crippen molar-refractivity contribution in [1.29, 1.82) is 0 Å². The molecule has 0 aromatic rings. The molecule has 1 aliphatic rings. The first-order valence-corrected chi connectivity index (χ1v) is 4.22. The molecule has 0 N–H and O–H groups in total. The van der Waals surface area contributed by atoms with Gasteiger partial charge < -0.3 is 5.32 Å². The third kappa shape index (κ3) is 1.67. The van der Waals surface area contributed by atoms with E-state index in [-0.39, 0.29) is 0 Å². The van der Waals surface area contributed by atoms with E-state index < -0.39 is 0 Å². The number of nitrogens with zero attached hydrogens (tertiary/aromatic N) is 1. The number of rotatable bonds is 2. The first-order valence-electron chi connectivity index (χ1n) is 3.07. The normalized spacial score (nSPS) is 28.9. The second-order valence-corrected chi connectivity index (χ2v) is 3.38. The first kappa shape index (κ1) is 6.43. The van der Waals surface area contributed by atoms with Crippen LogP contribution in [0, 0.1) is 5.92 Å². The van der Waals surface area contributed by atoms with Crippen molar-refractivity contribution >= 4 is 11.8 Å². The summed E-state index contributed by atoms with van der Waals surface area (Å²) in [5.41, 5.74) is 0. The molecule has 0 amide bonds. The van der Waals surface area contributed by atoms with Crippen LogP contribution in [0.15, 0.2) is 0 Å². The molecule has 48 valence electrons. The Morgan fingerprint density at radius 1 is 1.75 bits per heavy atom. The van der Waals surface area contributed by atoms with Crippen molar-refractivity contribution in [2.75, 3.05) is 25.1 Å². The molecule has 2 heteroatoms. The van der Waals surface area contributed by atoms with E-state index in [1.807, 2.05) is 7.05 Å². The summed E-state index contributed by atoms with van der Waals surface area (Å²) in [6, 6.07) is 0. The van der Waals surface area contributed by atoms with Crippen LogP contribution in [0.1, 0.15) is 6.42 Å². The first-order chi connectivity index (χ1) is 3.93. The molecule has 1 unspecified atom stereocenters. The van der Waals surface area contributed by atoms with Gasteiger partial charge in [-0.05, 0) is 17.9 Å². The Labute approximate surface area is 55.2 Å². The van der Waals surface area contributed by atoms with Crippen molar-refractivity contribution in [2.45, 2.75) is 6.42 Å². The molecule has 0 saturated carbocycles. The molecule has 1 saturated heterocycles. The zero-order valence-electron chi connectivity index (χ0n) is 5.26. The lowest BCUT2D eigenvalue weighted by Gasteiger charge is -2.16. The van der Waals surface area contributed by atoms with E-state index in [0.29, 0.717) is 0 Å². The van der Waals surface area contributed by atoms with E-state index in [9.17, 15) is 0 Å². The van der Waals surface area contributed by atoms with E-state index in [1.165, 1.54) is 17.9 Å². The minimum Gasteiger partial charge on any atom is -0.665 e. The Hall–Kier alpha value is 0.310. The Bertz CT molecular complexity index is 59.5. The Morgan fingerprint density at radius 3 is 3.12 bits per heavy atom. The van der Waals surface area contributed by atoms with Crippen molar-refractivity contribution in [3.05, 3.63) is 5.32 Å². The quantitative estimate of drug-likeness (QED) is 0.555. The highest BCUT2D eigenvalue weighted by molar-refractivity contribution is 7.99. The lowest BCUT2D eigenvalue weighted by molar-refractivity contribution is 0.640. The van der Waals surface area contributed by atoms with E-state index in [1.54, 1.807) is 0 Å². The van der Waals surface area contributed by atoms with Gasteiger partial charge in [0.25, 0.3) is 0 Å². The highest BCUT2D eigenvalue weighted by Crippen LogP contribution is 2.23. The van der Waals surface area contributed by atoms with Crippen LogP contribution in [0.3, 0.4) is 0 Å². The number of hydrogen-bond donors (Lipinski definition) is 0. The summed E-state index contributed by atoms with van der Waals surface area (Å²) in [5, 5.41) is 4.10. The monoisotopic (exact) mass is 130 g/mol. The van der Waals surface area contributed by atoms with Crippen LogP contribution >= 0.6 is 11.8 Å². The fraction of sp³-hybridized carbons (Fsp3) is 1.00. The fourth-order valence-corrected chi connectivity index (χ4v) is 2.26. The summed E-state index contributed by atoms with van der Waals surface area (Å²) in [5.74, 6) is 3.61. The molecule has 1 rings (SSSR count). The van der Waals surface area contributed by atoms with E-state index >= 15 is 0 Å². The van der Waals surface area contributed by atoms with Gasteiger partial charge in [-0.1, -0.05) is 5.92 Å². The second kappa shape index (κ2) is 3.36. The standard InChI is InChI=1S/C6H12NS/c1-7-4-6-2-3-8-5-6/h6H,2-5H2,1H3/q-1. The predicted molar refractivity (Wildman–Crippen MR) is 39.6 cm³/mol. The van der Waals surface area contributed by atoms with Crippen molar-refractivity contribution < 1.29 is 0 Å². The van der Waals surface area contributed by atoms with Gasteiger partial charge in [0.1, 0.15) is 0 Å². The second-order valence-electron chi connectivity index (χ2n) is 2.23. The molecular formula is C6H12NS-. The Morgan fingerprint density at radius 2 is 2.62 bits per heavy atom. The molecule has 1 heterocycles. The summed E-state index contributed by atoms with van der Waals surface area (Å²) in [7, 11) is 1.91. The molecule has 0 spiro atoms. The molecule has 1 atom stereocenters. The van der Waals surface area contributed by atoms with E-state index in [2.05, 4.69) is 17.1 Å². The van der Waals surface area contributed by atoms with Crippen LogP contribution in [0.2, 0.25) is 0 Å². The molecule has 8 heavy (non-hydrogen) atoms. The van der Waals surface area contributed by atoms with Crippen molar-refractivity contribution in [2.24, 2.45) is 5.92 Å². The van der Waals surface area contributed by atoms with E-state index in [0.717, 1.165) is 12.5 Å². The van der Waals surface area contributed by atoms with Crippen LogP contribution in [0.25, 0.3) is 5.32 Å². The van der Waals surface area contributed by atoms with Gasteiger partial charge in [0.15, 0.2) is 0 Å². The SMILES string of the molecule is C[N-]CC1CCSC1. The van der Waals surface area contributed by atoms with Gasteiger partial charge in [-0.2, -0.15) is 18.8 Å². The van der Waals surface area contributed by atoms with Gasteiger partial charge >= 0.3 is 0 Å². The minimum atomic E-state index is 0.907. The molecule has 1 aliphatic heterocycles. The summed E-state index contributed by atoms with van der Waals surface area (Å²) in [6.07, 6.45) is 1.39. The van der Waals surface area contributed by atoms with E-state index in [4.69, 9.17) is 0 Å². The van der Waals surface area contributed by atoms with Crippen LogP contribution in [0.5, 0.6) is 0 Å².